The highest BCUT2D eigenvalue weighted by molar-refractivity contribution is 5.96. The normalized spacial score (nSPS) is 11.2. The number of hydrogen-bond acceptors (Lipinski definition) is 5. The van der Waals surface area contributed by atoms with Gasteiger partial charge in [-0.1, -0.05) is 12.1 Å². The fourth-order valence-corrected chi connectivity index (χ4v) is 1.33. The fraction of sp³-hybridized carbons (Fsp3) is 0.308. The van der Waals surface area contributed by atoms with E-state index in [4.69, 9.17) is 10.00 Å². The molecule has 100 valence electrons. The van der Waals surface area contributed by atoms with E-state index < -0.39 is 18.0 Å². The van der Waals surface area contributed by atoms with Crippen LogP contribution in [0.5, 0.6) is 0 Å². The van der Waals surface area contributed by atoms with E-state index in [2.05, 4.69) is 10.1 Å². The van der Waals surface area contributed by atoms with E-state index in [-0.39, 0.29) is 6.61 Å². The summed E-state index contributed by atoms with van der Waals surface area (Å²) < 4.78 is 9.43. The van der Waals surface area contributed by atoms with Crippen molar-refractivity contribution in [2.24, 2.45) is 0 Å². The van der Waals surface area contributed by atoms with Gasteiger partial charge >= 0.3 is 5.97 Å². The number of esters is 1. The average molecular weight is 262 g/mol. The lowest BCUT2D eigenvalue weighted by Gasteiger charge is -2.13. The number of ether oxygens (including phenoxy) is 2. The zero-order chi connectivity index (χ0) is 14.3. The van der Waals surface area contributed by atoms with Crippen LogP contribution in [0.25, 0.3) is 0 Å². The largest absolute Gasteiger partial charge is 0.451 e. The van der Waals surface area contributed by atoms with Crippen LogP contribution in [0.3, 0.4) is 0 Å². The van der Waals surface area contributed by atoms with Crippen LogP contribution >= 0.6 is 0 Å². The van der Waals surface area contributed by atoms with Crippen LogP contribution in [-0.4, -0.2) is 31.7 Å². The third kappa shape index (κ3) is 4.41. The van der Waals surface area contributed by atoms with Crippen LogP contribution in [0.4, 0.5) is 5.69 Å². The lowest BCUT2D eigenvalue weighted by molar-refractivity contribution is -0.156. The van der Waals surface area contributed by atoms with Gasteiger partial charge in [-0.05, 0) is 19.1 Å². The van der Waals surface area contributed by atoms with E-state index in [1.807, 2.05) is 6.07 Å². The van der Waals surface area contributed by atoms with Gasteiger partial charge in [0.15, 0.2) is 6.10 Å². The molecule has 6 heteroatoms. The Morgan fingerprint density at radius 2 is 2.11 bits per heavy atom. The second-order valence-electron chi connectivity index (χ2n) is 3.71. The van der Waals surface area contributed by atoms with Crippen LogP contribution < -0.4 is 5.32 Å². The summed E-state index contributed by atoms with van der Waals surface area (Å²) in [5, 5.41) is 11.4. The second kappa shape index (κ2) is 7.13. The van der Waals surface area contributed by atoms with Gasteiger partial charge in [0, 0.05) is 7.11 Å². The second-order valence-corrected chi connectivity index (χ2v) is 3.71. The first-order chi connectivity index (χ1) is 9.08. The van der Waals surface area contributed by atoms with Gasteiger partial charge in [-0.2, -0.15) is 5.26 Å². The van der Waals surface area contributed by atoms with E-state index >= 15 is 0 Å². The smallest absolute Gasteiger partial charge is 0.332 e. The first-order valence-electron chi connectivity index (χ1n) is 5.57. The van der Waals surface area contributed by atoms with Crippen molar-refractivity contribution in [3.05, 3.63) is 29.8 Å². The molecular formula is C13H14N2O4. The molecule has 0 aliphatic heterocycles. The van der Waals surface area contributed by atoms with Crippen molar-refractivity contribution >= 4 is 17.6 Å². The predicted molar refractivity (Wildman–Crippen MR) is 67.2 cm³/mol. The first kappa shape index (κ1) is 14.7. The molecule has 0 heterocycles. The molecule has 1 rings (SSSR count). The lowest BCUT2D eigenvalue weighted by Crippen LogP contribution is -2.31. The van der Waals surface area contributed by atoms with Crippen LogP contribution in [0.2, 0.25) is 0 Å². The zero-order valence-electron chi connectivity index (χ0n) is 10.7. The minimum atomic E-state index is -0.964. The molecule has 0 aromatic heterocycles. The van der Waals surface area contributed by atoms with E-state index in [9.17, 15) is 9.59 Å². The summed E-state index contributed by atoms with van der Waals surface area (Å²) in [5.41, 5.74) is 0.718. The maximum atomic E-state index is 11.8. The van der Waals surface area contributed by atoms with Gasteiger partial charge in [-0.25, -0.2) is 4.79 Å². The van der Waals surface area contributed by atoms with Gasteiger partial charge in [-0.3, -0.25) is 4.79 Å². The lowest BCUT2D eigenvalue weighted by atomic mass is 10.2. The van der Waals surface area contributed by atoms with E-state index in [1.165, 1.54) is 14.0 Å². The van der Waals surface area contributed by atoms with E-state index in [0.29, 0.717) is 11.3 Å². The maximum Gasteiger partial charge on any atom is 0.332 e. The molecule has 0 aliphatic rings. The van der Waals surface area contributed by atoms with Gasteiger partial charge in [-0.15, -0.1) is 0 Å². The van der Waals surface area contributed by atoms with Gasteiger partial charge in [0.05, 0.1) is 11.3 Å². The minimum absolute atomic E-state index is 0.216. The third-order valence-electron chi connectivity index (χ3n) is 2.25. The predicted octanol–water partition coefficient (Wildman–Crippen LogP) is 1.07. The standard InChI is InChI=1S/C13H14N2O4/c1-9(19-12(16)8-18-2)13(17)15-11-6-4-3-5-10(11)7-14/h3-6,9H,8H2,1-2H3,(H,15,17)/t9-/m0/s1. The van der Waals surface area contributed by atoms with Crippen molar-refractivity contribution < 1.29 is 19.1 Å². The Labute approximate surface area is 110 Å². The zero-order valence-corrected chi connectivity index (χ0v) is 10.7. The maximum absolute atomic E-state index is 11.8. The molecule has 1 aromatic carbocycles. The Hall–Kier alpha value is -2.39. The highest BCUT2D eigenvalue weighted by Crippen LogP contribution is 2.14. The number of amides is 1. The summed E-state index contributed by atoms with van der Waals surface area (Å²) in [6.45, 7) is 1.23. The highest BCUT2D eigenvalue weighted by Gasteiger charge is 2.18. The Kier molecular flexibility index (Phi) is 5.51. The Morgan fingerprint density at radius 3 is 2.74 bits per heavy atom. The van der Waals surface area contributed by atoms with Crippen molar-refractivity contribution in [3.8, 4) is 6.07 Å². The van der Waals surface area contributed by atoms with Gasteiger partial charge in [0.25, 0.3) is 5.91 Å². The SMILES string of the molecule is COCC(=O)O[C@@H](C)C(=O)Nc1ccccc1C#N. The van der Waals surface area contributed by atoms with Crippen molar-refractivity contribution in [1.29, 1.82) is 5.26 Å². The van der Waals surface area contributed by atoms with Crippen LogP contribution in [0.15, 0.2) is 24.3 Å². The van der Waals surface area contributed by atoms with E-state index in [0.717, 1.165) is 0 Å². The number of benzene rings is 1. The molecule has 0 aliphatic carbocycles. The molecule has 0 bridgehead atoms. The number of para-hydroxylation sites is 1. The Balaban J connectivity index is 2.64. The summed E-state index contributed by atoms with van der Waals surface area (Å²) in [7, 11) is 1.36. The number of nitrogens with zero attached hydrogens (tertiary/aromatic N) is 1. The molecule has 1 aromatic rings. The van der Waals surface area contributed by atoms with Crippen LogP contribution in [-0.2, 0) is 19.1 Å². The molecular weight excluding hydrogens is 248 g/mol. The molecule has 0 radical (unpaired) electrons. The molecule has 19 heavy (non-hydrogen) atoms. The van der Waals surface area contributed by atoms with Crippen molar-refractivity contribution in [2.75, 3.05) is 19.0 Å². The minimum Gasteiger partial charge on any atom is -0.451 e. The number of nitriles is 1. The number of carbonyl (C=O) groups is 2. The summed E-state index contributed by atoms with van der Waals surface area (Å²) in [4.78, 5) is 22.9. The molecule has 0 unspecified atom stereocenters. The number of nitrogens with one attached hydrogen (secondary N) is 1. The molecule has 0 saturated heterocycles. The van der Waals surface area contributed by atoms with Crippen molar-refractivity contribution in [3.63, 3.8) is 0 Å². The van der Waals surface area contributed by atoms with E-state index in [1.54, 1.807) is 24.3 Å². The number of hydrogen-bond donors (Lipinski definition) is 1. The molecule has 1 amide bonds. The summed E-state index contributed by atoms with van der Waals surface area (Å²) in [6.07, 6.45) is -0.964. The number of carbonyl (C=O) groups excluding carboxylic acids is 2. The number of methoxy groups -OCH3 is 1. The average Bonchev–Trinajstić information content (AvgIpc) is 2.39. The molecule has 0 spiro atoms. The summed E-state index contributed by atoms with van der Waals surface area (Å²) in [6, 6.07) is 8.52. The van der Waals surface area contributed by atoms with Crippen LogP contribution in [0.1, 0.15) is 12.5 Å². The third-order valence-corrected chi connectivity index (χ3v) is 2.25. The monoisotopic (exact) mass is 262 g/mol. The number of rotatable bonds is 5. The Bertz CT molecular complexity index is 508. The van der Waals surface area contributed by atoms with Crippen LogP contribution in [0, 0.1) is 11.3 Å². The summed E-state index contributed by atoms with van der Waals surface area (Å²) in [5.74, 6) is -1.13. The topological polar surface area (TPSA) is 88.4 Å². The first-order valence-corrected chi connectivity index (χ1v) is 5.57. The quantitative estimate of drug-likeness (QED) is 0.802. The number of anilines is 1. The fourth-order valence-electron chi connectivity index (χ4n) is 1.33. The molecule has 0 saturated carbocycles. The van der Waals surface area contributed by atoms with Gasteiger partial charge in [0.1, 0.15) is 12.7 Å². The van der Waals surface area contributed by atoms with Gasteiger partial charge in [0.2, 0.25) is 0 Å². The molecule has 1 N–H and O–H groups in total. The highest BCUT2D eigenvalue weighted by atomic mass is 16.6. The van der Waals surface area contributed by atoms with Gasteiger partial charge < -0.3 is 14.8 Å². The Morgan fingerprint density at radius 1 is 1.42 bits per heavy atom. The molecule has 0 fully saturated rings. The molecule has 1 atom stereocenters. The summed E-state index contributed by atoms with van der Waals surface area (Å²) >= 11 is 0. The molecule has 6 nitrogen and oxygen atoms in total. The van der Waals surface area contributed by atoms with Crippen molar-refractivity contribution in [1.82, 2.24) is 0 Å². The van der Waals surface area contributed by atoms with Crippen molar-refractivity contribution in [2.45, 2.75) is 13.0 Å².